The summed E-state index contributed by atoms with van der Waals surface area (Å²) in [5.74, 6) is 0. The van der Waals surface area contributed by atoms with Gasteiger partial charge in [0, 0.05) is 36.9 Å². The lowest BCUT2D eigenvalue weighted by molar-refractivity contribution is 0.254. The van der Waals surface area contributed by atoms with Crippen LogP contribution < -0.4 is 10.2 Å². The van der Waals surface area contributed by atoms with Gasteiger partial charge in [0.2, 0.25) is 0 Å². The predicted molar refractivity (Wildman–Crippen MR) is 83.3 cm³/mol. The summed E-state index contributed by atoms with van der Waals surface area (Å²) in [4.78, 5) is 4.98. The summed E-state index contributed by atoms with van der Waals surface area (Å²) in [7, 11) is 0. The smallest absolute Gasteiger partial charge is 0.0426 e. The Kier molecular flexibility index (Phi) is 5.95. The van der Waals surface area contributed by atoms with Crippen molar-refractivity contribution in [1.29, 1.82) is 0 Å². The first-order chi connectivity index (χ1) is 9.29. The molecule has 1 aromatic rings. The van der Waals surface area contributed by atoms with Crippen LogP contribution in [-0.4, -0.2) is 50.7 Å². The van der Waals surface area contributed by atoms with E-state index in [0.717, 1.165) is 44.3 Å². The lowest BCUT2D eigenvalue weighted by Crippen LogP contribution is -2.47. The molecule has 1 N–H and O–H groups in total. The monoisotopic (exact) mass is 281 g/mol. The third-order valence-electron chi connectivity index (χ3n) is 3.62. The predicted octanol–water partition coefficient (Wildman–Crippen LogP) is 2.46. The molecule has 1 aliphatic heterocycles. The third-order valence-corrected chi connectivity index (χ3v) is 3.86. The number of nitrogens with one attached hydrogen (secondary N) is 1. The molecule has 4 heteroatoms. The largest absolute Gasteiger partial charge is 0.369 e. The standard InChI is InChI=1S/C15H24ClN3/c1-2-17-7-4-8-18-9-11-19(12-10-18)15-6-3-5-14(16)13-15/h3,5-6,13,17H,2,4,7-12H2,1H3. The highest BCUT2D eigenvalue weighted by Crippen LogP contribution is 2.20. The van der Waals surface area contributed by atoms with Crippen LogP contribution >= 0.6 is 11.6 Å². The van der Waals surface area contributed by atoms with Crippen LogP contribution in [-0.2, 0) is 0 Å². The Labute approximate surface area is 121 Å². The minimum absolute atomic E-state index is 0.825. The van der Waals surface area contributed by atoms with Gasteiger partial charge in [-0.25, -0.2) is 0 Å². The number of hydrogen-bond acceptors (Lipinski definition) is 3. The van der Waals surface area contributed by atoms with E-state index >= 15 is 0 Å². The molecule has 0 bridgehead atoms. The van der Waals surface area contributed by atoms with Crippen molar-refractivity contribution in [3.05, 3.63) is 29.3 Å². The highest BCUT2D eigenvalue weighted by Gasteiger charge is 2.16. The molecule has 19 heavy (non-hydrogen) atoms. The third kappa shape index (κ3) is 4.68. The molecule has 0 amide bonds. The Morgan fingerprint density at radius 1 is 1.21 bits per heavy atom. The highest BCUT2D eigenvalue weighted by molar-refractivity contribution is 6.30. The van der Waals surface area contributed by atoms with E-state index < -0.39 is 0 Å². The van der Waals surface area contributed by atoms with E-state index in [9.17, 15) is 0 Å². The van der Waals surface area contributed by atoms with Gasteiger partial charge in [-0.05, 0) is 44.3 Å². The summed E-state index contributed by atoms with van der Waals surface area (Å²) in [6, 6.07) is 8.16. The Bertz CT molecular complexity index is 375. The quantitative estimate of drug-likeness (QED) is 0.808. The molecule has 0 unspecified atom stereocenters. The van der Waals surface area contributed by atoms with Crippen LogP contribution in [0.15, 0.2) is 24.3 Å². The normalized spacial score (nSPS) is 16.8. The summed E-state index contributed by atoms with van der Waals surface area (Å²) in [5, 5.41) is 4.20. The molecule has 0 aliphatic carbocycles. The van der Waals surface area contributed by atoms with E-state index in [-0.39, 0.29) is 0 Å². The van der Waals surface area contributed by atoms with Crippen molar-refractivity contribution in [1.82, 2.24) is 10.2 Å². The summed E-state index contributed by atoms with van der Waals surface area (Å²) in [6.07, 6.45) is 1.24. The van der Waals surface area contributed by atoms with Crippen molar-refractivity contribution in [2.75, 3.05) is 50.7 Å². The molecule has 0 aromatic heterocycles. The second-order valence-corrected chi connectivity index (χ2v) is 5.45. The number of hydrogen-bond donors (Lipinski definition) is 1. The Morgan fingerprint density at radius 2 is 2.00 bits per heavy atom. The maximum Gasteiger partial charge on any atom is 0.0426 e. The fourth-order valence-electron chi connectivity index (χ4n) is 2.51. The van der Waals surface area contributed by atoms with Crippen molar-refractivity contribution in [3.63, 3.8) is 0 Å². The number of anilines is 1. The number of halogens is 1. The molecule has 1 aromatic carbocycles. The zero-order chi connectivity index (χ0) is 13.5. The zero-order valence-corrected chi connectivity index (χ0v) is 12.5. The van der Waals surface area contributed by atoms with Crippen LogP contribution in [0.5, 0.6) is 0 Å². The number of nitrogens with zero attached hydrogens (tertiary/aromatic N) is 2. The van der Waals surface area contributed by atoms with Gasteiger partial charge in [0.15, 0.2) is 0 Å². The van der Waals surface area contributed by atoms with Crippen molar-refractivity contribution in [2.45, 2.75) is 13.3 Å². The van der Waals surface area contributed by atoms with Crippen molar-refractivity contribution in [3.8, 4) is 0 Å². The summed E-state index contributed by atoms with van der Waals surface area (Å²) in [5.41, 5.74) is 1.25. The average Bonchev–Trinajstić information content (AvgIpc) is 2.44. The molecule has 3 nitrogen and oxygen atoms in total. The molecule has 1 aliphatic rings. The van der Waals surface area contributed by atoms with Gasteiger partial charge in [0.25, 0.3) is 0 Å². The second-order valence-electron chi connectivity index (χ2n) is 5.02. The Hall–Kier alpha value is -0.770. The molecule has 1 fully saturated rings. The van der Waals surface area contributed by atoms with E-state index in [1.807, 2.05) is 12.1 Å². The maximum absolute atomic E-state index is 6.05. The van der Waals surface area contributed by atoms with Crippen LogP contribution in [0.4, 0.5) is 5.69 Å². The number of rotatable bonds is 6. The van der Waals surface area contributed by atoms with Crippen molar-refractivity contribution >= 4 is 17.3 Å². The van der Waals surface area contributed by atoms with Gasteiger partial charge in [0.1, 0.15) is 0 Å². The zero-order valence-electron chi connectivity index (χ0n) is 11.7. The first-order valence-corrected chi connectivity index (χ1v) is 7.61. The molecular formula is C15H24ClN3. The molecule has 106 valence electrons. The van der Waals surface area contributed by atoms with Gasteiger partial charge < -0.3 is 10.2 Å². The molecule has 1 saturated heterocycles. The summed E-state index contributed by atoms with van der Waals surface area (Å²) < 4.78 is 0. The van der Waals surface area contributed by atoms with E-state index in [2.05, 4.69) is 34.2 Å². The summed E-state index contributed by atoms with van der Waals surface area (Å²) >= 11 is 6.05. The van der Waals surface area contributed by atoms with Gasteiger partial charge in [-0.15, -0.1) is 0 Å². The fourth-order valence-corrected chi connectivity index (χ4v) is 2.69. The Morgan fingerprint density at radius 3 is 2.68 bits per heavy atom. The maximum atomic E-state index is 6.05. The van der Waals surface area contributed by atoms with E-state index in [4.69, 9.17) is 11.6 Å². The van der Waals surface area contributed by atoms with Gasteiger partial charge in [-0.3, -0.25) is 4.90 Å². The molecule has 0 atom stereocenters. The molecular weight excluding hydrogens is 258 g/mol. The van der Waals surface area contributed by atoms with Crippen LogP contribution in [0.3, 0.4) is 0 Å². The van der Waals surface area contributed by atoms with Gasteiger partial charge in [0.05, 0.1) is 0 Å². The molecule has 1 heterocycles. The topological polar surface area (TPSA) is 18.5 Å². The second kappa shape index (κ2) is 7.73. The number of piperazine rings is 1. The highest BCUT2D eigenvalue weighted by atomic mass is 35.5. The van der Waals surface area contributed by atoms with Crippen LogP contribution in [0, 0.1) is 0 Å². The molecule has 0 radical (unpaired) electrons. The minimum Gasteiger partial charge on any atom is -0.369 e. The molecule has 0 spiro atoms. The first kappa shape index (κ1) is 14.6. The van der Waals surface area contributed by atoms with Crippen molar-refractivity contribution in [2.24, 2.45) is 0 Å². The lowest BCUT2D eigenvalue weighted by atomic mass is 10.2. The lowest BCUT2D eigenvalue weighted by Gasteiger charge is -2.36. The molecule has 0 saturated carbocycles. The minimum atomic E-state index is 0.825. The van der Waals surface area contributed by atoms with E-state index in [1.54, 1.807) is 0 Å². The van der Waals surface area contributed by atoms with Gasteiger partial charge >= 0.3 is 0 Å². The Balaban J connectivity index is 1.73. The number of benzene rings is 1. The van der Waals surface area contributed by atoms with Crippen LogP contribution in [0.2, 0.25) is 5.02 Å². The summed E-state index contributed by atoms with van der Waals surface area (Å²) in [6.45, 7) is 10.1. The van der Waals surface area contributed by atoms with E-state index in [1.165, 1.54) is 18.7 Å². The SMILES string of the molecule is CCNCCCN1CCN(c2cccc(Cl)c2)CC1. The molecule has 2 rings (SSSR count). The van der Waals surface area contributed by atoms with Crippen molar-refractivity contribution < 1.29 is 0 Å². The van der Waals surface area contributed by atoms with E-state index in [0.29, 0.717) is 0 Å². The van der Waals surface area contributed by atoms with Crippen LogP contribution in [0.25, 0.3) is 0 Å². The van der Waals surface area contributed by atoms with Crippen LogP contribution in [0.1, 0.15) is 13.3 Å². The first-order valence-electron chi connectivity index (χ1n) is 7.23. The fraction of sp³-hybridized carbons (Fsp3) is 0.600. The average molecular weight is 282 g/mol. The van der Waals surface area contributed by atoms with Gasteiger partial charge in [-0.2, -0.15) is 0 Å². The van der Waals surface area contributed by atoms with Gasteiger partial charge in [-0.1, -0.05) is 24.6 Å².